The van der Waals surface area contributed by atoms with Crippen LogP contribution >= 0.6 is 0 Å². The third-order valence-corrected chi connectivity index (χ3v) is 9.29. The van der Waals surface area contributed by atoms with Crippen molar-refractivity contribution in [2.45, 2.75) is 48.8 Å². The lowest BCUT2D eigenvalue weighted by molar-refractivity contribution is -0.277. The van der Waals surface area contributed by atoms with Gasteiger partial charge in [0.15, 0.2) is 23.4 Å². The van der Waals surface area contributed by atoms with Crippen LogP contribution in [-0.4, -0.2) is 110 Å². The molecule has 0 spiro atoms. The predicted octanol–water partition coefficient (Wildman–Crippen LogP) is 1.83. The molecule has 17 nitrogen and oxygen atoms in total. The fourth-order valence-electron chi connectivity index (χ4n) is 6.68. The van der Waals surface area contributed by atoms with Crippen molar-refractivity contribution < 1.29 is 85.0 Å². The van der Waals surface area contributed by atoms with Crippen LogP contribution in [0.2, 0.25) is 0 Å². The van der Waals surface area contributed by atoms with Crippen molar-refractivity contribution >= 4 is 11.0 Å². The normalized spacial score (nSPS) is 25.5. The molecule has 1 aromatic heterocycles. The Morgan fingerprint density at radius 1 is 0.642 bits per heavy atom. The van der Waals surface area contributed by atoms with Gasteiger partial charge in [-0.25, -0.2) is 4.42 Å². The van der Waals surface area contributed by atoms with E-state index in [1.165, 1.54) is 30.3 Å². The first-order chi connectivity index (χ1) is 25.2. The van der Waals surface area contributed by atoms with E-state index in [1.807, 2.05) is 0 Å². The van der Waals surface area contributed by atoms with Crippen LogP contribution < -0.4 is 9.47 Å². The molecule has 8 unspecified atom stereocenters. The number of aromatic hydroxyl groups is 8. The molecule has 2 aliphatic rings. The molecule has 1 fully saturated rings. The van der Waals surface area contributed by atoms with E-state index in [0.717, 1.165) is 30.3 Å². The zero-order valence-electron chi connectivity index (χ0n) is 27.0. The molecule has 3 heterocycles. The van der Waals surface area contributed by atoms with Crippen molar-refractivity contribution in [3.63, 3.8) is 0 Å². The smallest absolute Gasteiger partial charge is 0.402 e. The van der Waals surface area contributed by atoms with E-state index >= 15 is 0 Å². The first-order valence-corrected chi connectivity index (χ1v) is 16.0. The minimum Gasteiger partial charge on any atom is -0.508 e. The summed E-state index contributed by atoms with van der Waals surface area (Å²) in [7, 11) is 0. The molecule has 13 N–H and O–H groups in total. The second-order valence-electron chi connectivity index (χ2n) is 12.7. The fraction of sp³-hybridized carbons (Fsp3) is 0.250. The number of benzene rings is 4. The summed E-state index contributed by atoms with van der Waals surface area (Å²) in [4.78, 5) is 0. The standard InChI is InChI=1S/C36H32O17/c37-11-24-29(46)31(48)32(49)36(52-24)51-23-9-16-17(40)10-19(42)26(35(16)53-33(23)12-1-3-14(38)4-2-12)27-25-18(41)7-15(39)8-22(25)50-34(30(27)47)13-5-20(43)28(45)21(44)6-13/h1-10,24,27,29-32,34,36-37,46-49H,11H2,(H7-,38,39,40,41,42,43,44,45)/p+1. The van der Waals surface area contributed by atoms with Gasteiger partial charge in [-0.1, -0.05) is 0 Å². The number of hydrogen-bond donors (Lipinski definition) is 13. The number of fused-ring (bicyclic) bond motifs is 2. The maximum Gasteiger partial charge on any atom is 0.402 e. The van der Waals surface area contributed by atoms with Gasteiger partial charge in [-0.2, -0.15) is 0 Å². The Labute approximate surface area is 297 Å². The van der Waals surface area contributed by atoms with Crippen molar-refractivity contribution in [2.75, 3.05) is 6.61 Å². The van der Waals surface area contributed by atoms with Crippen molar-refractivity contribution in [2.24, 2.45) is 0 Å². The number of ether oxygens (including phenoxy) is 3. The van der Waals surface area contributed by atoms with Crippen LogP contribution in [0.5, 0.6) is 57.5 Å². The van der Waals surface area contributed by atoms with Crippen LogP contribution in [0.25, 0.3) is 22.3 Å². The Morgan fingerprint density at radius 2 is 1.30 bits per heavy atom. The minimum absolute atomic E-state index is 0.0803. The Kier molecular flexibility index (Phi) is 8.85. The molecular formula is C36H33O17+. The number of rotatable bonds is 6. The van der Waals surface area contributed by atoms with E-state index in [-0.39, 0.29) is 56.2 Å². The second kappa shape index (κ2) is 13.2. The number of phenolic OH excluding ortho intramolecular Hbond substituents is 8. The van der Waals surface area contributed by atoms with E-state index in [4.69, 9.17) is 18.6 Å². The van der Waals surface area contributed by atoms with Gasteiger partial charge in [-0.05, 0) is 36.4 Å². The molecule has 4 aromatic carbocycles. The Balaban J connectivity index is 1.46. The average Bonchev–Trinajstić information content (AvgIpc) is 3.11. The van der Waals surface area contributed by atoms with Crippen molar-refractivity contribution in [1.82, 2.24) is 0 Å². The first kappa shape index (κ1) is 35.5. The summed E-state index contributed by atoms with van der Waals surface area (Å²) in [5.74, 6) is -7.03. The molecule has 0 aliphatic carbocycles. The van der Waals surface area contributed by atoms with Gasteiger partial charge in [0, 0.05) is 35.4 Å². The molecule has 7 rings (SSSR count). The van der Waals surface area contributed by atoms with Crippen LogP contribution in [0.15, 0.2) is 65.1 Å². The van der Waals surface area contributed by atoms with E-state index in [2.05, 4.69) is 0 Å². The molecule has 8 atom stereocenters. The summed E-state index contributed by atoms with van der Waals surface area (Å²) >= 11 is 0. The number of aliphatic hydroxyl groups is 5. The lowest BCUT2D eigenvalue weighted by atomic mass is 9.78. The van der Waals surface area contributed by atoms with E-state index in [9.17, 15) is 66.4 Å². The van der Waals surface area contributed by atoms with Gasteiger partial charge < -0.3 is 80.6 Å². The molecule has 5 aromatic rings. The van der Waals surface area contributed by atoms with E-state index < -0.39 is 95.7 Å². The zero-order chi connectivity index (χ0) is 38.0. The first-order valence-electron chi connectivity index (χ1n) is 16.0. The zero-order valence-corrected chi connectivity index (χ0v) is 27.0. The minimum atomic E-state index is -1.86. The Morgan fingerprint density at radius 3 is 1.96 bits per heavy atom. The van der Waals surface area contributed by atoms with Gasteiger partial charge in [0.25, 0.3) is 0 Å². The highest BCUT2D eigenvalue weighted by Gasteiger charge is 2.48. The van der Waals surface area contributed by atoms with Crippen molar-refractivity contribution in [1.29, 1.82) is 0 Å². The summed E-state index contributed by atoms with van der Waals surface area (Å²) in [5.41, 5.74) is -0.613. The monoisotopic (exact) mass is 737 g/mol. The highest BCUT2D eigenvalue weighted by molar-refractivity contribution is 5.92. The largest absolute Gasteiger partial charge is 0.508 e. The summed E-state index contributed by atoms with van der Waals surface area (Å²) in [6.07, 6.45) is -11.8. The average molecular weight is 738 g/mol. The van der Waals surface area contributed by atoms with Gasteiger partial charge in [0.1, 0.15) is 76.0 Å². The van der Waals surface area contributed by atoms with Crippen LogP contribution in [0, 0.1) is 0 Å². The quantitative estimate of drug-likeness (QED) is 0.0873. The SMILES string of the molecule is OCC1OC(Oc2cc3c(O)cc(O)c(C4c5c(O)cc(O)cc5OC(c5cc(O)c(O)c(O)c5)C4O)c3[o+]c2-c2ccc(O)cc2)C(O)C(O)C1O. The molecule has 0 bridgehead atoms. The molecule has 17 heteroatoms. The summed E-state index contributed by atoms with van der Waals surface area (Å²) in [6, 6.07) is 11.5. The number of phenols is 8. The third kappa shape index (κ3) is 6.00. The second-order valence-corrected chi connectivity index (χ2v) is 12.7. The van der Waals surface area contributed by atoms with E-state index in [0.29, 0.717) is 0 Å². The van der Waals surface area contributed by atoms with Crippen LogP contribution in [0.3, 0.4) is 0 Å². The number of hydrogen-bond acceptors (Lipinski definition) is 16. The molecular weight excluding hydrogens is 704 g/mol. The van der Waals surface area contributed by atoms with Crippen LogP contribution in [-0.2, 0) is 4.74 Å². The van der Waals surface area contributed by atoms with Crippen LogP contribution in [0.4, 0.5) is 0 Å². The van der Waals surface area contributed by atoms with Crippen molar-refractivity contribution in [3.8, 4) is 68.8 Å². The van der Waals surface area contributed by atoms with Crippen LogP contribution in [0.1, 0.15) is 28.7 Å². The molecule has 2 aliphatic heterocycles. The maximum absolute atomic E-state index is 12.0. The lowest BCUT2D eigenvalue weighted by Gasteiger charge is -2.39. The lowest BCUT2D eigenvalue weighted by Crippen LogP contribution is -2.60. The molecule has 1 saturated heterocycles. The summed E-state index contributed by atoms with van der Waals surface area (Å²) < 4.78 is 23.7. The Hall–Kier alpha value is -5.95. The number of aliphatic hydroxyl groups excluding tert-OH is 5. The fourth-order valence-corrected chi connectivity index (χ4v) is 6.68. The predicted molar refractivity (Wildman–Crippen MR) is 178 cm³/mol. The molecule has 53 heavy (non-hydrogen) atoms. The molecule has 0 saturated carbocycles. The van der Waals surface area contributed by atoms with Gasteiger partial charge in [0.2, 0.25) is 12.0 Å². The molecule has 278 valence electrons. The molecule has 0 amide bonds. The molecule has 0 radical (unpaired) electrons. The van der Waals surface area contributed by atoms with Gasteiger partial charge in [-0.3, -0.25) is 0 Å². The summed E-state index contributed by atoms with van der Waals surface area (Å²) in [5, 5.41) is 137. The Bertz CT molecular complexity index is 2180. The van der Waals surface area contributed by atoms with Gasteiger partial charge in [0.05, 0.1) is 18.1 Å². The highest BCUT2D eigenvalue weighted by atomic mass is 16.7. The third-order valence-electron chi connectivity index (χ3n) is 9.29. The van der Waals surface area contributed by atoms with Gasteiger partial charge in [-0.15, -0.1) is 0 Å². The van der Waals surface area contributed by atoms with Crippen molar-refractivity contribution in [3.05, 3.63) is 77.4 Å². The maximum atomic E-state index is 12.0. The summed E-state index contributed by atoms with van der Waals surface area (Å²) in [6.45, 7) is -0.759. The topological polar surface area (TPSA) is 302 Å². The highest BCUT2D eigenvalue weighted by Crippen LogP contribution is 2.55. The van der Waals surface area contributed by atoms with Gasteiger partial charge >= 0.3 is 11.3 Å². The van der Waals surface area contributed by atoms with E-state index in [1.54, 1.807) is 0 Å².